The number of amides is 1. The number of Topliss-reactive ketones (excluding diaryl/α,β-unsaturated/α-hetero) is 1. The molecule has 0 spiro atoms. The Morgan fingerprint density at radius 2 is 1.79 bits per heavy atom. The van der Waals surface area contributed by atoms with Crippen LogP contribution in [-0.4, -0.2) is 72.8 Å². The minimum atomic E-state index is -1.16. The number of hydrogen-bond donors (Lipinski definition) is 2. The first-order valence-corrected chi connectivity index (χ1v) is 12.2. The normalized spacial score (nSPS) is 12.7. The Balaban J connectivity index is 2.01. The lowest BCUT2D eigenvalue weighted by atomic mass is 9.83. The second-order valence-electron chi connectivity index (χ2n) is 10.4. The molecule has 2 aromatic carbocycles. The summed E-state index contributed by atoms with van der Waals surface area (Å²) < 4.78 is 31.2. The zero-order valence-corrected chi connectivity index (χ0v) is 23.2. The average molecular weight is 544 g/mol. The second-order valence-corrected chi connectivity index (χ2v) is 10.4. The predicted molar refractivity (Wildman–Crippen MR) is 141 cm³/mol. The second kappa shape index (κ2) is 11.3. The Labute approximate surface area is 226 Å². The highest BCUT2D eigenvalue weighted by molar-refractivity contribution is 6.06. The Kier molecular flexibility index (Phi) is 8.52. The van der Waals surface area contributed by atoms with Crippen LogP contribution >= 0.6 is 0 Å². The van der Waals surface area contributed by atoms with E-state index in [0.717, 1.165) is 0 Å². The van der Waals surface area contributed by atoms with Gasteiger partial charge in [-0.2, -0.15) is 0 Å². The smallest absolute Gasteiger partial charge is 0.341 e. The van der Waals surface area contributed by atoms with E-state index in [1.54, 1.807) is 25.2 Å². The van der Waals surface area contributed by atoms with Crippen molar-refractivity contribution in [2.45, 2.75) is 46.2 Å². The SMILES string of the molecule is COc1cc2c(c(F)c1OC)C(=N)N(CC(=O)c1cc(CN(C)C(C)=O)c(OCC(=O)O)c(C(C)(C)C)c1)C2. The molecule has 1 aliphatic heterocycles. The molecule has 2 aromatic rings. The molecule has 1 heterocycles. The molecule has 10 nitrogen and oxygen atoms in total. The molecule has 11 heteroatoms. The van der Waals surface area contributed by atoms with Crippen LogP contribution in [0, 0.1) is 11.2 Å². The van der Waals surface area contributed by atoms with E-state index >= 15 is 4.39 Å². The molecule has 0 fully saturated rings. The zero-order valence-electron chi connectivity index (χ0n) is 23.2. The molecule has 0 radical (unpaired) electrons. The quantitative estimate of drug-likeness (QED) is 0.435. The molecule has 0 saturated heterocycles. The maximum atomic E-state index is 15.2. The summed E-state index contributed by atoms with van der Waals surface area (Å²) in [6, 6.07) is 4.82. The molecule has 0 saturated carbocycles. The summed E-state index contributed by atoms with van der Waals surface area (Å²) in [5.41, 5.74) is 1.39. The lowest BCUT2D eigenvalue weighted by Crippen LogP contribution is -2.31. The number of amidine groups is 1. The van der Waals surface area contributed by atoms with Gasteiger partial charge in [-0.05, 0) is 29.2 Å². The van der Waals surface area contributed by atoms with Crippen LogP contribution in [0.3, 0.4) is 0 Å². The van der Waals surface area contributed by atoms with E-state index in [0.29, 0.717) is 28.0 Å². The van der Waals surface area contributed by atoms with Gasteiger partial charge in [-0.25, -0.2) is 9.18 Å². The Hall–Kier alpha value is -4.15. The molecule has 39 heavy (non-hydrogen) atoms. The van der Waals surface area contributed by atoms with Crippen LogP contribution in [0.15, 0.2) is 18.2 Å². The highest BCUT2D eigenvalue weighted by atomic mass is 19.1. The number of nitrogens with zero attached hydrogens (tertiary/aromatic N) is 2. The number of methoxy groups -OCH3 is 2. The Morgan fingerprint density at radius 3 is 2.33 bits per heavy atom. The predicted octanol–water partition coefficient (Wildman–Crippen LogP) is 3.61. The molecule has 1 amide bonds. The fourth-order valence-electron chi connectivity index (χ4n) is 4.42. The van der Waals surface area contributed by atoms with Crippen molar-refractivity contribution in [3.8, 4) is 17.2 Å². The first-order valence-electron chi connectivity index (χ1n) is 12.2. The monoisotopic (exact) mass is 543 g/mol. The van der Waals surface area contributed by atoms with Gasteiger partial charge < -0.3 is 29.1 Å². The van der Waals surface area contributed by atoms with Crippen molar-refractivity contribution in [1.29, 1.82) is 5.41 Å². The van der Waals surface area contributed by atoms with Gasteiger partial charge in [0.25, 0.3) is 0 Å². The number of hydrogen-bond acceptors (Lipinski definition) is 7. The van der Waals surface area contributed by atoms with Gasteiger partial charge in [-0.3, -0.25) is 15.0 Å². The van der Waals surface area contributed by atoms with E-state index in [-0.39, 0.29) is 54.2 Å². The van der Waals surface area contributed by atoms with Crippen LogP contribution in [0.1, 0.15) is 60.3 Å². The van der Waals surface area contributed by atoms with Gasteiger partial charge in [-0.15, -0.1) is 0 Å². The standard InChI is InChI=1S/C28H34FN3O7/c1-15(33)31(5)11-18-8-16(9-19(28(2,3)4)25(18)39-14-22(35)36)20(34)13-32-12-17-10-21(37-6)26(38-7)24(29)23(17)27(32)30/h8-10,30H,11-14H2,1-7H3,(H,35,36). The third-order valence-corrected chi connectivity index (χ3v) is 6.52. The van der Waals surface area contributed by atoms with Gasteiger partial charge in [0.05, 0.1) is 26.3 Å². The number of rotatable bonds is 10. The maximum Gasteiger partial charge on any atom is 0.341 e. The number of aliphatic carboxylic acids is 1. The van der Waals surface area contributed by atoms with Crippen LogP contribution in [0.5, 0.6) is 17.2 Å². The minimum absolute atomic E-state index is 0.0528. The molecule has 0 aromatic heterocycles. The van der Waals surface area contributed by atoms with E-state index < -0.39 is 23.8 Å². The van der Waals surface area contributed by atoms with E-state index in [1.807, 2.05) is 20.8 Å². The highest BCUT2D eigenvalue weighted by Crippen LogP contribution is 2.39. The van der Waals surface area contributed by atoms with Crippen molar-refractivity contribution in [2.24, 2.45) is 0 Å². The van der Waals surface area contributed by atoms with E-state index in [1.165, 1.54) is 30.9 Å². The number of ketones is 1. The largest absolute Gasteiger partial charge is 0.493 e. The maximum absolute atomic E-state index is 15.2. The van der Waals surface area contributed by atoms with Crippen molar-refractivity contribution in [3.63, 3.8) is 0 Å². The van der Waals surface area contributed by atoms with Crippen LogP contribution < -0.4 is 14.2 Å². The number of benzene rings is 2. The van der Waals surface area contributed by atoms with Gasteiger partial charge in [0, 0.05) is 43.8 Å². The fraction of sp³-hybridized carbons (Fsp3) is 0.429. The molecule has 0 atom stereocenters. The molecule has 0 unspecified atom stereocenters. The summed E-state index contributed by atoms with van der Waals surface area (Å²) in [4.78, 5) is 39.7. The van der Waals surface area contributed by atoms with Gasteiger partial charge in [-0.1, -0.05) is 20.8 Å². The third kappa shape index (κ3) is 6.13. The van der Waals surface area contributed by atoms with Crippen molar-refractivity contribution < 1.29 is 38.1 Å². The molecule has 0 bridgehead atoms. The van der Waals surface area contributed by atoms with Crippen molar-refractivity contribution in [1.82, 2.24) is 9.80 Å². The number of carboxylic acids is 1. The van der Waals surface area contributed by atoms with Crippen molar-refractivity contribution in [2.75, 3.05) is 34.4 Å². The number of carboxylic acid groups (broad SMARTS) is 1. The van der Waals surface area contributed by atoms with Crippen LogP contribution in [0.2, 0.25) is 0 Å². The molecule has 3 rings (SSSR count). The van der Waals surface area contributed by atoms with Gasteiger partial charge in [0.15, 0.2) is 29.7 Å². The number of halogens is 1. The van der Waals surface area contributed by atoms with Gasteiger partial charge >= 0.3 is 5.97 Å². The van der Waals surface area contributed by atoms with E-state index in [4.69, 9.17) is 19.6 Å². The summed E-state index contributed by atoms with van der Waals surface area (Å²) in [5.74, 6) is -2.20. The van der Waals surface area contributed by atoms with Crippen LogP contribution in [0.25, 0.3) is 0 Å². The van der Waals surface area contributed by atoms with Gasteiger partial charge in [0.2, 0.25) is 5.91 Å². The van der Waals surface area contributed by atoms with Crippen molar-refractivity contribution >= 4 is 23.5 Å². The lowest BCUT2D eigenvalue weighted by molar-refractivity contribution is -0.139. The summed E-state index contributed by atoms with van der Waals surface area (Å²) >= 11 is 0. The molecular formula is C28H34FN3O7. The summed E-state index contributed by atoms with van der Waals surface area (Å²) in [6.45, 7) is 6.52. The lowest BCUT2D eigenvalue weighted by Gasteiger charge is -2.27. The average Bonchev–Trinajstić information content (AvgIpc) is 3.16. The fourth-order valence-corrected chi connectivity index (χ4v) is 4.42. The molecule has 210 valence electrons. The first kappa shape index (κ1) is 29.4. The molecule has 0 aliphatic carbocycles. The Bertz CT molecular complexity index is 1330. The van der Waals surface area contributed by atoms with Gasteiger partial charge in [0.1, 0.15) is 11.6 Å². The Morgan fingerprint density at radius 1 is 1.13 bits per heavy atom. The number of fused-ring (bicyclic) bond motifs is 1. The van der Waals surface area contributed by atoms with Crippen molar-refractivity contribution in [3.05, 3.63) is 51.8 Å². The topological polar surface area (TPSA) is 129 Å². The minimum Gasteiger partial charge on any atom is -0.493 e. The zero-order chi connectivity index (χ0) is 29.2. The first-order chi connectivity index (χ1) is 18.2. The summed E-state index contributed by atoms with van der Waals surface area (Å²) in [7, 11) is 4.29. The van der Waals surface area contributed by atoms with E-state index in [9.17, 15) is 19.5 Å². The van der Waals surface area contributed by atoms with E-state index in [2.05, 4.69) is 0 Å². The third-order valence-electron chi connectivity index (χ3n) is 6.52. The van der Waals surface area contributed by atoms with Crippen LogP contribution in [0.4, 0.5) is 4.39 Å². The number of ether oxygens (including phenoxy) is 3. The molecule has 2 N–H and O–H groups in total. The number of carbonyl (C=O) groups excluding carboxylic acids is 2. The number of nitrogens with one attached hydrogen (secondary N) is 1. The highest BCUT2D eigenvalue weighted by Gasteiger charge is 2.33. The summed E-state index contributed by atoms with van der Waals surface area (Å²) in [6.07, 6.45) is 0. The summed E-state index contributed by atoms with van der Waals surface area (Å²) in [5, 5.41) is 17.8. The van der Waals surface area contributed by atoms with Crippen LogP contribution in [-0.2, 0) is 28.1 Å². The molecular weight excluding hydrogens is 509 g/mol. The number of carbonyl (C=O) groups is 3. The molecule has 1 aliphatic rings.